The largest absolute Gasteiger partial charge is 0.478 e. The van der Waals surface area contributed by atoms with Gasteiger partial charge in [-0.1, -0.05) is 11.6 Å². The Bertz CT molecular complexity index is 560. The van der Waals surface area contributed by atoms with Gasteiger partial charge in [-0.3, -0.25) is 4.79 Å². The second-order valence-corrected chi connectivity index (χ2v) is 4.83. The normalized spacial score (nSPS) is 9.86. The number of nitrogens with one attached hydrogen (secondary N) is 2. The molecule has 0 aliphatic heterocycles. The SMILES string of the molecule is CN(C)C(=O)CCNC(=O)Nc1ccc(C(=O)O)c(Cl)c1. The molecule has 21 heavy (non-hydrogen) atoms. The number of carbonyl (C=O) groups excluding carboxylic acids is 2. The average Bonchev–Trinajstić information content (AvgIpc) is 2.37. The van der Waals surface area contributed by atoms with Crippen molar-refractivity contribution >= 4 is 35.2 Å². The van der Waals surface area contributed by atoms with Crippen molar-refractivity contribution in [3.05, 3.63) is 28.8 Å². The summed E-state index contributed by atoms with van der Waals surface area (Å²) < 4.78 is 0. The molecule has 0 fully saturated rings. The van der Waals surface area contributed by atoms with Crippen LogP contribution >= 0.6 is 11.6 Å². The van der Waals surface area contributed by atoms with E-state index in [1.807, 2.05) is 0 Å². The highest BCUT2D eigenvalue weighted by Crippen LogP contribution is 2.20. The third kappa shape index (κ3) is 5.31. The van der Waals surface area contributed by atoms with Crippen LogP contribution in [0.15, 0.2) is 18.2 Å². The van der Waals surface area contributed by atoms with E-state index in [9.17, 15) is 14.4 Å². The van der Waals surface area contributed by atoms with Gasteiger partial charge in [-0.15, -0.1) is 0 Å². The maximum Gasteiger partial charge on any atom is 0.337 e. The first kappa shape index (κ1) is 16.8. The number of carboxylic acid groups (broad SMARTS) is 1. The minimum Gasteiger partial charge on any atom is -0.478 e. The molecule has 8 heteroatoms. The van der Waals surface area contributed by atoms with Gasteiger partial charge < -0.3 is 20.6 Å². The molecule has 0 aliphatic rings. The van der Waals surface area contributed by atoms with E-state index >= 15 is 0 Å². The summed E-state index contributed by atoms with van der Waals surface area (Å²) in [4.78, 5) is 35.1. The molecule has 0 bridgehead atoms. The number of benzene rings is 1. The Morgan fingerprint density at radius 3 is 2.48 bits per heavy atom. The highest BCUT2D eigenvalue weighted by Gasteiger charge is 2.10. The summed E-state index contributed by atoms with van der Waals surface area (Å²) in [5, 5.41) is 13.9. The van der Waals surface area contributed by atoms with E-state index in [-0.39, 0.29) is 29.5 Å². The quantitative estimate of drug-likeness (QED) is 0.769. The lowest BCUT2D eigenvalue weighted by molar-refractivity contribution is -0.128. The number of hydrogen-bond acceptors (Lipinski definition) is 3. The Hall–Kier alpha value is -2.28. The Morgan fingerprint density at radius 1 is 1.29 bits per heavy atom. The average molecular weight is 314 g/mol. The number of amides is 3. The van der Waals surface area contributed by atoms with Crippen molar-refractivity contribution < 1.29 is 19.5 Å². The summed E-state index contributed by atoms with van der Waals surface area (Å²) in [6.07, 6.45) is 0.194. The first-order valence-corrected chi connectivity index (χ1v) is 6.47. The van der Waals surface area contributed by atoms with E-state index in [0.29, 0.717) is 5.69 Å². The van der Waals surface area contributed by atoms with Crippen LogP contribution < -0.4 is 10.6 Å². The first-order chi connectivity index (χ1) is 9.81. The van der Waals surface area contributed by atoms with Crippen molar-refractivity contribution in [2.45, 2.75) is 6.42 Å². The van der Waals surface area contributed by atoms with Crippen LogP contribution in [-0.4, -0.2) is 48.6 Å². The van der Waals surface area contributed by atoms with Crippen molar-refractivity contribution in [1.82, 2.24) is 10.2 Å². The molecule has 1 aromatic carbocycles. The highest BCUT2D eigenvalue weighted by molar-refractivity contribution is 6.33. The van der Waals surface area contributed by atoms with Gasteiger partial charge in [0, 0.05) is 32.7 Å². The summed E-state index contributed by atoms with van der Waals surface area (Å²) >= 11 is 5.79. The van der Waals surface area contributed by atoms with Crippen molar-refractivity contribution in [1.29, 1.82) is 0 Å². The zero-order valence-electron chi connectivity index (χ0n) is 11.6. The fourth-order valence-corrected chi connectivity index (χ4v) is 1.71. The molecule has 0 unspecified atom stereocenters. The molecule has 0 heterocycles. The number of rotatable bonds is 5. The molecule has 0 saturated carbocycles. The van der Waals surface area contributed by atoms with Gasteiger partial charge in [0.2, 0.25) is 5.91 Å². The third-order valence-corrected chi connectivity index (χ3v) is 2.89. The summed E-state index contributed by atoms with van der Waals surface area (Å²) in [6.45, 7) is 0.198. The maximum atomic E-state index is 11.6. The number of urea groups is 1. The number of nitrogens with zero attached hydrogens (tertiary/aromatic N) is 1. The monoisotopic (exact) mass is 313 g/mol. The molecule has 1 rings (SSSR count). The molecular formula is C13H16ClN3O4. The van der Waals surface area contributed by atoms with Crippen LogP contribution in [-0.2, 0) is 4.79 Å². The topological polar surface area (TPSA) is 98.7 Å². The van der Waals surface area contributed by atoms with Gasteiger partial charge >= 0.3 is 12.0 Å². The van der Waals surface area contributed by atoms with Crippen LogP contribution in [0.5, 0.6) is 0 Å². The molecule has 0 radical (unpaired) electrons. The van der Waals surface area contributed by atoms with Crippen LogP contribution in [0.25, 0.3) is 0 Å². The molecule has 0 saturated heterocycles. The molecule has 114 valence electrons. The Kier molecular flexibility index (Phi) is 5.98. The zero-order valence-corrected chi connectivity index (χ0v) is 12.4. The molecule has 0 aromatic heterocycles. The predicted octanol–water partition coefficient (Wildman–Crippen LogP) is 1.64. The molecule has 3 amide bonds. The summed E-state index contributed by atoms with van der Waals surface area (Å²) in [5.74, 6) is -1.23. The Morgan fingerprint density at radius 2 is 1.95 bits per heavy atom. The molecule has 3 N–H and O–H groups in total. The lowest BCUT2D eigenvalue weighted by Gasteiger charge is -2.11. The lowest BCUT2D eigenvalue weighted by Crippen LogP contribution is -2.33. The molecular weight excluding hydrogens is 298 g/mol. The van der Waals surface area contributed by atoms with Crippen molar-refractivity contribution in [3.63, 3.8) is 0 Å². The number of anilines is 1. The number of aromatic carboxylic acids is 1. The molecule has 7 nitrogen and oxygen atoms in total. The minimum atomic E-state index is -1.14. The van der Waals surface area contributed by atoms with Crippen LogP contribution in [0, 0.1) is 0 Å². The van der Waals surface area contributed by atoms with E-state index in [2.05, 4.69) is 10.6 Å². The van der Waals surface area contributed by atoms with Crippen molar-refractivity contribution in [3.8, 4) is 0 Å². The van der Waals surface area contributed by atoms with E-state index in [1.54, 1.807) is 14.1 Å². The van der Waals surface area contributed by atoms with Gasteiger partial charge in [-0.2, -0.15) is 0 Å². The van der Waals surface area contributed by atoms with Crippen LogP contribution in [0.3, 0.4) is 0 Å². The van der Waals surface area contributed by atoms with E-state index in [1.165, 1.54) is 23.1 Å². The molecule has 0 atom stereocenters. The predicted molar refractivity (Wildman–Crippen MR) is 78.7 cm³/mol. The summed E-state index contributed by atoms with van der Waals surface area (Å²) in [5.41, 5.74) is 0.320. The highest BCUT2D eigenvalue weighted by atomic mass is 35.5. The van der Waals surface area contributed by atoms with Crippen LogP contribution in [0.1, 0.15) is 16.8 Å². The summed E-state index contributed by atoms with van der Waals surface area (Å²) in [7, 11) is 3.27. The fourth-order valence-electron chi connectivity index (χ4n) is 1.45. The van der Waals surface area contributed by atoms with Gasteiger partial charge in [0.15, 0.2) is 0 Å². The maximum absolute atomic E-state index is 11.6. The molecule has 1 aromatic rings. The first-order valence-electron chi connectivity index (χ1n) is 6.09. The Balaban J connectivity index is 2.50. The zero-order chi connectivity index (χ0) is 16.0. The fraction of sp³-hybridized carbons (Fsp3) is 0.308. The van der Waals surface area contributed by atoms with Gasteiger partial charge in [0.25, 0.3) is 0 Å². The number of carbonyl (C=O) groups is 3. The third-order valence-electron chi connectivity index (χ3n) is 2.58. The van der Waals surface area contributed by atoms with E-state index in [4.69, 9.17) is 16.7 Å². The lowest BCUT2D eigenvalue weighted by atomic mass is 10.2. The number of carboxylic acids is 1. The van der Waals surface area contributed by atoms with Gasteiger partial charge in [0.05, 0.1) is 10.6 Å². The van der Waals surface area contributed by atoms with E-state index < -0.39 is 12.0 Å². The second kappa shape index (κ2) is 7.49. The number of halogens is 1. The Labute approximate surface area is 126 Å². The van der Waals surface area contributed by atoms with Gasteiger partial charge in [0.1, 0.15) is 0 Å². The smallest absolute Gasteiger partial charge is 0.337 e. The minimum absolute atomic E-state index is 0.0306. The van der Waals surface area contributed by atoms with E-state index in [0.717, 1.165) is 0 Å². The molecule has 0 aliphatic carbocycles. The van der Waals surface area contributed by atoms with Crippen LogP contribution in [0.2, 0.25) is 5.02 Å². The molecule has 0 spiro atoms. The van der Waals surface area contributed by atoms with Gasteiger partial charge in [-0.05, 0) is 18.2 Å². The summed E-state index contributed by atoms with van der Waals surface area (Å²) in [6, 6.07) is 3.58. The van der Waals surface area contributed by atoms with Crippen molar-refractivity contribution in [2.24, 2.45) is 0 Å². The number of hydrogen-bond donors (Lipinski definition) is 3. The standard InChI is InChI=1S/C13H16ClN3O4/c1-17(2)11(18)5-6-15-13(21)16-8-3-4-9(12(19)20)10(14)7-8/h3-4,7H,5-6H2,1-2H3,(H,19,20)(H2,15,16,21). The second-order valence-electron chi connectivity index (χ2n) is 4.42. The van der Waals surface area contributed by atoms with Crippen LogP contribution in [0.4, 0.5) is 10.5 Å². The van der Waals surface area contributed by atoms with Gasteiger partial charge in [-0.25, -0.2) is 9.59 Å². The van der Waals surface area contributed by atoms with Crippen molar-refractivity contribution in [2.75, 3.05) is 26.0 Å².